The highest BCUT2D eigenvalue weighted by atomic mass is 79.9. The van der Waals surface area contributed by atoms with Crippen molar-refractivity contribution in [2.45, 2.75) is 13.8 Å². The SMILES string of the molecule is Cc1cccc(C)c1-c1[nH]nc(N)c1-c1cccc(Br)c1. The summed E-state index contributed by atoms with van der Waals surface area (Å²) in [5.41, 5.74) is 12.6. The van der Waals surface area contributed by atoms with Crippen LogP contribution in [0.4, 0.5) is 5.82 Å². The van der Waals surface area contributed by atoms with Crippen molar-refractivity contribution in [3.63, 3.8) is 0 Å². The Hall–Kier alpha value is -2.07. The van der Waals surface area contributed by atoms with Crippen LogP contribution < -0.4 is 5.73 Å². The van der Waals surface area contributed by atoms with E-state index in [2.05, 4.69) is 64.2 Å². The molecule has 3 rings (SSSR count). The molecule has 0 spiro atoms. The van der Waals surface area contributed by atoms with Crippen molar-refractivity contribution < 1.29 is 0 Å². The first kappa shape index (κ1) is 13.9. The number of aromatic nitrogens is 2. The van der Waals surface area contributed by atoms with Crippen molar-refractivity contribution in [2.24, 2.45) is 0 Å². The maximum Gasteiger partial charge on any atom is 0.153 e. The van der Waals surface area contributed by atoms with Gasteiger partial charge in [0.25, 0.3) is 0 Å². The number of benzene rings is 2. The zero-order chi connectivity index (χ0) is 15.0. The Morgan fingerprint density at radius 2 is 1.67 bits per heavy atom. The van der Waals surface area contributed by atoms with Crippen molar-refractivity contribution in [3.05, 3.63) is 58.1 Å². The van der Waals surface area contributed by atoms with Gasteiger partial charge in [-0.2, -0.15) is 5.10 Å². The van der Waals surface area contributed by atoms with E-state index < -0.39 is 0 Å². The van der Waals surface area contributed by atoms with Crippen LogP contribution in [0.3, 0.4) is 0 Å². The van der Waals surface area contributed by atoms with E-state index in [1.165, 1.54) is 11.1 Å². The molecule has 0 atom stereocenters. The van der Waals surface area contributed by atoms with Gasteiger partial charge in [-0.05, 0) is 42.7 Å². The molecule has 0 radical (unpaired) electrons. The van der Waals surface area contributed by atoms with Crippen LogP contribution in [0.25, 0.3) is 22.4 Å². The first-order chi connectivity index (χ1) is 10.1. The molecule has 3 aromatic rings. The second-order valence-corrected chi connectivity index (χ2v) is 6.05. The fraction of sp³-hybridized carbons (Fsp3) is 0.118. The van der Waals surface area contributed by atoms with Gasteiger partial charge in [-0.25, -0.2) is 0 Å². The van der Waals surface area contributed by atoms with Gasteiger partial charge < -0.3 is 5.73 Å². The monoisotopic (exact) mass is 341 g/mol. The van der Waals surface area contributed by atoms with Gasteiger partial charge in [0.1, 0.15) is 0 Å². The number of anilines is 1. The molecule has 1 aromatic heterocycles. The average molecular weight is 342 g/mol. The van der Waals surface area contributed by atoms with E-state index in [-0.39, 0.29) is 0 Å². The molecule has 21 heavy (non-hydrogen) atoms. The number of aromatic amines is 1. The fourth-order valence-corrected chi connectivity index (χ4v) is 3.08. The molecule has 3 N–H and O–H groups in total. The number of nitrogens with two attached hydrogens (primary N) is 1. The van der Waals surface area contributed by atoms with Crippen LogP contribution in [0.2, 0.25) is 0 Å². The molecule has 3 nitrogen and oxygen atoms in total. The van der Waals surface area contributed by atoms with Gasteiger partial charge in [0.2, 0.25) is 0 Å². The van der Waals surface area contributed by atoms with Crippen LogP contribution >= 0.6 is 15.9 Å². The molecule has 0 bridgehead atoms. The van der Waals surface area contributed by atoms with Gasteiger partial charge in [-0.1, -0.05) is 46.3 Å². The molecular weight excluding hydrogens is 326 g/mol. The van der Waals surface area contributed by atoms with Gasteiger partial charge in [0, 0.05) is 10.0 Å². The van der Waals surface area contributed by atoms with Crippen molar-refractivity contribution in [2.75, 3.05) is 5.73 Å². The number of nitrogens with zero attached hydrogens (tertiary/aromatic N) is 1. The average Bonchev–Trinajstić information content (AvgIpc) is 2.80. The van der Waals surface area contributed by atoms with E-state index in [0.29, 0.717) is 5.82 Å². The number of nitrogens with one attached hydrogen (secondary N) is 1. The molecule has 0 unspecified atom stereocenters. The lowest BCUT2D eigenvalue weighted by Gasteiger charge is -2.11. The van der Waals surface area contributed by atoms with E-state index in [4.69, 9.17) is 5.73 Å². The van der Waals surface area contributed by atoms with E-state index >= 15 is 0 Å². The Morgan fingerprint density at radius 3 is 2.33 bits per heavy atom. The number of halogens is 1. The number of nitrogen functional groups attached to an aromatic ring is 1. The molecular formula is C17H16BrN3. The summed E-state index contributed by atoms with van der Waals surface area (Å²) >= 11 is 3.51. The molecule has 106 valence electrons. The molecule has 0 saturated heterocycles. The number of hydrogen-bond acceptors (Lipinski definition) is 2. The minimum absolute atomic E-state index is 0.519. The van der Waals surface area contributed by atoms with Crippen LogP contribution in [-0.2, 0) is 0 Å². The Labute approximate surface area is 132 Å². The predicted molar refractivity (Wildman–Crippen MR) is 91.0 cm³/mol. The van der Waals surface area contributed by atoms with Gasteiger partial charge >= 0.3 is 0 Å². The van der Waals surface area contributed by atoms with Crippen LogP contribution in [0.1, 0.15) is 11.1 Å². The number of rotatable bonds is 2. The quantitative estimate of drug-likeness (QED) is 0.709. The number of aryl methyl sites for hydroxylation is 2. The molecule has 0 aliphatic carbocycles. The third-order valence-electron chi connectivity index (χ3n) is 3.64. The molecule has 0 aliphatic heterocycles. The summed E-state index contributed by atoms with van der Waals surface area (Å²) in [4.78, 5) is 0. The second kappa shape index (κ2) is 5.37. The topological polar surface area (TPSA) is 54.7 Å². The molecule has 1 heterocycles. The highest BCUT2D eigenvalue weighted by molar-refractivity contribution is 9.10. The molecule has 2 aromatic carbocycles. The van der Waals surface area contributed by atoms with E-state index in [9.17, 15) is 0 Å². The fourth-order valence-electron chi connectivity index (χ4n) is 2.68. The van der Waals surface area contributed by atoms with Crippen LogP contribution in [0, 0.1) is 13.8 Å². The lowest BCUT2D eigenvalue weighted by molar-refractivity contribution is 1.10. The van der Waals surface area contributed by atoms with Crippen molar-refractivity contribution in [3.8, 4) is 22.4 Å². The Kier molecular flexibility index (Phi) is 3.55. The van der Waals surface area contributed by atoms with Crippen molar-refractivity contribution >= 4 is 21.7 Å². The first-order valence-electron chi connectivity index (χ1n) is 6.74. The smallest absolute Gasteiger partial charge is 0.153 e. The van der Waals surface area contributed by atoms with Crippen LogP contribution in [-0.4, -0.2) is 10.2 Å². The largest absolute Gasteiger partial charge is 0.382 e. The van der Waals surface area contributed by atoms with Crippen LogP contribution in [0.15, 0.2) is 46.9 Å². The maximum absolute atomic E-state index is 6.10. The molecule has 0 aliphatic rings. The standard InChI is InChI=1S/C17H16BrN3/c1-10-5-3-6-11(2)14(10)16-15(17(19)21-20-16)12-7-4-8-13(18)9-12/h3-9H,1-2H3,(H3,19,20,21). The van der Waals surface area contributed by atoms with Crippen LogP contribution in [0.5, 0.6) is 0 Å². The van der Waals surface area contributed by atoms with Crippen molar-refractivity contribution in [1.82, 2.24) is 10.2 Å². The normalized spacial score (nSPS) is 10.8. The van der Waals surface area contributed by atoms with Crippen molar-refractivity contribution in [1.29, 1.82) is 0 Å². The number of H-pyrrole nitrogens is 1. The molecule has 0 saturated carbocycles. The zero-order valence-electron chi connectivity index (χ0n) is 11.9. The summed E-state index contributed by atoms with van der Waals surface area (Å²) in [6.45, 7) is 4.20. The molecule has 0 fully saturated rings. The molecule has 4 heteroatoms. The maximum atomic E-state index is 6.10. The Morgan fingerprint density at radius 1 is 1.00 bits per heavy atom. The summed E-state index contributed by atoms with van der Waals surface area (Å²) in [5.74, 6) is 0.519. The Bertz CT molecular complexity index is 785. The summed E-state index contributed by atoms with van der Waals surface area (Å²) in [6, 6.07) is 14.4. The highest BCUT2D eigenvalue weighted by Crippen LogP contribution is 2.38. The van der Waals surface area contributed by atoms with E-state index in [0.717, 1.165) is 26.9 Å². The summed E-state index contributed by atoms with van der Waals surface area (Å²) < 4.78 is 1.02. The molecule has 0 amide bonds. The first-order valence-corrected chi connectivity index (χ1v) is 7.53. The minimum Gasteiger partial charge on any atom is -0.382 e. The zero-order valence-corrected chi connectivity index (χ0v) is 13.5. The summed E-state index contributed by atoms with van der Waals surface area (Å²) in [7, 11) is 0. The lowest BCUT2D eigenvalue weighted by atomic mass is 9.94. The summed E-state index contributed by atoms with van der Waals surface area (Å²) in [5, 5.41) is 7.32. The third kappa shape index (κ3) is 2.47. The van der Waals surface area contributed by atoms with Gasteiger partial charge in [0.05, 0.1) is 11.3 Å². The lowest BCUT2D eigenvalue weighted by Crippen LogP contribution is -1.92. The van der Waals surface area contributed by atoms with E-state index in [1.54, 1.807) is 0 Å². The second-order valence-electron chi connectivity index (χ2n) is 5.14. The Balaban J connectivity index is 2.27. The third-order valence-corrected chi connectivity index (χ3v) is 4.13. The van der Waals surface area contributed by atoms with E-state index in [1.807, 2.05) is 18.2 Å². The highest BCUT2D eigenvalue weighted by Gasteiger charge is 2.17. The van der Waals surface area contributed by atoms with Gasteiger partial charge in [-0.3, -0.25) is 5.10 Å². The minimum atomic E-state index is 0.519. The summed E-state index contributed by atoms with van der Waals surface area (Å²) in [6.07, 6.45) is 0. The number of hydrogen-bond donors (Lipinski definition) is 2. The van der Waals surface area contributed by atoms with Gasteiger partial charge in [0.15, 0.2) is 5.82 Å². The predicted octanol–water partition coefficient (Wildman–Crippen LogP) is 4.71. The van der Waals surface area contributed by atoms with Gasteiger partial charge in [-0.15, -0.1) is 0 Å².